The predicted octanol–water partition coefficient (Wildman–Crippen LogP) is 6.89. The molecule has 1 aromatic carbocycles. The van der Waals surface area contributed by atoms with E-state index in [0.717, 1.165) is 29.5 Å². The van der Waals surface area contributed by atoms with Crippen LogP contribution < -0.4 is 10.3 Å². The Bertz CT molecular complexity index is 1610. The summed E-state index contributed by atoms with van der Waals surface area (Å²) in [5.41, 5.74) is 0.701. The highest BCUT2D eigenvalue weighted by molar-refractivity contribution is 9.11. The molecule has 3 aromatic heterocycles. The van der Waals surface area contributed by atoms with Gasteiger partial charge in [-0.25, -0.2) is 19.7 Å². The number of carboxylic acids is 1. The van der Waals surface area contributed by atoms with Crippen LogP contribution in [0.2, 0.25) is 0 Å². The molecule has 0 amide bonds. The highest BCUT2D eigenvalue weighted by atomic mass is 79.9. The first-order valence-electron chi connectivity index (χ1n) is 11.7. The number of benzene rings is 1. The zero-order valence-corrected chi connectivity index (χ0v) is 24.1. The lowest BCUT2D eigenvalue weighted by molar-refractivity contribution is -0.397. The summed E-state index contributed by atoms with van der Waals surface area (Å²) in [5, 5.41) is 24.6. The molecule has 1 aliphatic carbocycles. The van der Waals surface area contributed by atoms with Gasteiger partial charge in [0.25, 0.3) is 5.01 Å². The van der Waals surface area contributed by atoms with Crippen LogP contribution in [0.25, 0.3) is 10.6 Å². The van der Waals surface area contributed by atoms with E-state index in [1.165, 1.54) is 17.4 Å². The maximum atomic E-state index is 13.2. The SMILES string of the molecule is Cc1c(Br)c(Nc2cc(C(F)(F)F)ccn2)nc(-c2c[nH+]c([C@@]3(O)CCCc4cc(C(=O)O)ccc43)s2)c1Br. The molecule has 0 radical (unpaired) electrons. The molecular formula is C26H20Br2F3N4O3S+. The first-order chi connectivity index (χ1) is 18.4. The first kappa shape index (κ1) is 27.7. The van der Waals surface area contributed by atoms with Crippen molar-refractivity contribution in [3.05, 3.63) is 84.5 Å². The number of fused-ring (bicyclic) bond motifs is 1. The Hall–Kier alpha value is -2.87. The average Bonchev–Trinajstić information content (AvgIpc) is 3.39. The summed E-state index contributed by atoms with van der Waals surface area (Å²) in [6, 6.07) is 6.56. The van der Waals surface area contributed by atoms with Crippen molar-refractivity contribution in [2.45, 2.75) is 38.0 Å². The lowest BCUT2D eigenvalue weighted by atomic mass is 9.79. The molecule has 0 spiro atoms. The molecule has 0 saturated carbocycles. The maximum Gasteiger partial charge on any atom is 0.416 e. The van der Waals surface area contributed by atoms with Crippen LogP contribution in [0.1, 0.15) is 50.5 Å². The number of nitrogens with one attached hydrogen (secondary N) is 2. The zero-order chi connectivity index (χ0) is 28.1. The zero-order valence-electron chi connectivity index (χ0n) is 20.2. The quantitative estimate of drug-likeness (QED) is 0.211. The second-order valence-electron chi connectivity index (χ2n) is 9.09. The van der Waals surface area contributed by atoms with Crippen molar-refractivity contribution >= 4 is 60.8 Å². The van der Waals surface area contributed by atoms with Crippen LogP contribution in [0, 0.1) is 6.92 Å². The fourth-order valence-electron chi connectivity index (χ4n) is 4.57. The van der Waals surface area contributed by atoms with Crippen LogP contribution >= 0.6 is 43.2 Å². The largest absolute Gasteiger partial charge is 0.478 e. The number of hydrogen-bond acceptors (Lipinski definition) is 6. The van der Waals surface area contributed by atoms with Gasteiger partial charge in [-0.3, -0.25) is 0 Å². The Morgan fingerprint density at radius 2 is 1.97 bits per heavy atom. The van der Waals surface area contributed by atoms with Crippen molar-refractivity contribution in [2.24, 2.45) is 0 Å². The molecule has 0 saturated heterocycles. The molecule has 0 unspecified atom stereocenters. The second kappa shape index (κ2) is 10.3. The van der Waals surface area contributed by atoms with Crippen molar-refractivity contribution in [1.82, 2.24) is 9.97 Å². The van der Waals surface area contributed by atoms with E-state index in [9.17, 15) is 28.2 Å². The number of thiazole rings is 1. The molecular weight excluding hydrogens is 665 g/mol. The van der Waals surface area contributed by atoms with E-state index in [4.69, 9.17) is 0 Å². The number of carbonyl (C=O) groups is 1. The van der Waals surface area contributed by atoms with Gasteiger partial charge in [-0.1, -0.05) is 17.4 Å². The molecule has 7 nitrogen and oxygen atoms in total. The molecule has 3 heterocycles. The van der Waals surface area contributed by atoms with Gasteiger partial charge in [0.15, 0.2) is 11.8 Å². The summed E-state index contributed by atoms with van der Waals surface area (Å²) in [7, 11) is 0. The Labute approximate surface area is 241 Å². The van der Waals surface area contributed by atoms with Crippen LogP contribution in [0.3, 0.4) is 0 Å². The van der Waals surface area contributed by atoms with Crippen LogP contribution in [0.15, 0.2) is 51.7 Å². The van der Waals surface area contributed by atoms with Gasteiger partial charge in [0.2, 0.25) is 0 Å². The molecule has 39 heavy (non-hydrogen) atoms. The third-order valence-corrected chi connectivity index (χ3v) is 9.70. The smallest absolute Gasteiger partial charge is 0.416 e. The highest BCUT2D eigenvalue weighted by Gasteiger charge is 2.43. The number of aromatic carboxylic acids is 1. The minimum absolute atomic E-state index is 0.0158. The van der Waals surface area contributed by atoms with Gasteiger partial charge in [0.05, 0.1) is 15.6 Å². The Morgan fingerprint density at radius 1 is 1.21 bits per heavy atom. The summed E-state index contributed by atoms with van der Waals surface area (Å²) < 4.78 is 40.8. The van der Waals surface area contributed by atoms with Gasteiger partial charge in [-0.15, -0.1) is 0 Å². The normalized spacial score (nSPS) is 17.1. The van der Waals surface area contributed by atoms with Crippen LogP contribution in [-0.4, -0.2) is 26.2 Å². The highest BCUT2D eigenvalue weighted by Crippen LogP contribution is 2.44. The molecule has 13 heteroatoms. The summed E-state index contributed by atoms with van der Waals surface area (Å²) in [6.07, 6.45) is 0.0602. The van der Waals surface area contributed by atoms with Crippen molar-refractivity contribution < 1.29 is 33.2 Å². The number of alkyl halides is 3. The Morgan fingerprint density at radius 3 is 2.69 bits per heavy atom. The van der Waals surface area contributed by atoms with Crippen molar-refractivity contribution in [1.29, 1.82) is 0 Å². The molecule has 0 aliphatic heterocycles. The number of aromatic amines is 1. The summed E-state index contributed by atoms with van der Waals surface area (Å²) in [6.45, 7) is 1.83. The standard InChI is InChI=1S/C26H19Br2F3N4O3S/c1-12-19(27)21(35-22(20(12)28)34-18-10-15(6-8-32-18)26(29,30)31)17-11-33-24(39-17)25(38)7-2-3-13-9-14(23(36)37)4-5-16(13)25/h4-6,8-11,38H,2-3,7H2,1H3,(H,36,37)(H,32,34,35)/p+1/t25-/m1/s1. The van der Waals surface area contributed by atoms with Crippen molar-refractivity contribution in [3.63, 3.8) is 0 Å². The minimum atomic E-state index is -4.51. The maximum absolute atomic E-state index is 13.2. The number of nitrogens with zero attached hydrogens (tertiary/aromatic N) is 2. The number of H-pyrrole nitrogens is 1. The third kappa shape index (κ3) is 5.20. The van der Waals surface area contributed by atoms with Gasteiger partial charge >= 0.3 is 12.1 Å². The van der Waals surface area contributed by atoms with E-state index < -0.39 is 23.3 Å². The number of rotatable bonds is 5. The number of aliphatic hydroxyl groups is 1. The van der Waals surface area contributed by atoms with Crippen LogP contribution in [-0.2, 0) is 18.2 Å². The van der Waals surface area contributed by atoms with E-state index in [1.807, 2.05) is 6.92 Å². The summed E-state index contributed by atoms with van der Waals surface area (Å²) >= 11 is 8.35. The second-order valence-corrected chi connectivity index (χ2v) is 11.7. The fraction of sp³-hybridized carbons (Fsp3) is 0.231. The lowest BCUT2D eigenvalue weighted by Gasteiger charge is -2.30. The average molecular weight is 685 g/mol. The molecule has 4 N–H and O–H groups in total. The Balaban J connectivity index is 1.53. The number of carboxylic acid groups (broad SMARTS) is 1. The Kier molecular flexibility index (Phi) is 7.29. The van der Waals surface area contributed by atoms with E-state index in [1.54, 1.807) is 18.3 Å². The number of hydrogen-bond donors (Lipinski definition) is 3. The molecule has 1 aliphatic rings. The number of aromatic nitrogens is 3. The molecule has 0 bridgehead atoms. The number of halogens is 5. The first-order valence-corrected chi connectivity index (χ1v) is 14.1. The number of pyridine rings is 2. The molecule has 1 atom stereocenters. The molecule has 5 rings (SSSR count). The van der Waals surface area contributed by atoms with Gasteiger partial charge in [-0.05, 0) is 99.0 Å². The van der Waals surface area contributed by atoms with Crippen molar-refractivity contribution in [2.75, 3.05) is 5.32 Å². The molecule has 0 fully saturated rings. The monoisotopic (exact) mass is 683 g/mol. The lowest BCUT2D eigenvalue weighted by Crippen LogP contribution is -2.35. The van der Waals surface area contributed by atoms with Gasteiger partial charge in [0, 0.05) is 10.7 Å². The molecule has 4 aromatic rings. The van der Waals surface area contributed by atoms with E-state index in [0.29, 0.717) is 49.4 Å². The number of anilines is 2. The topological polar surface area (TPSA) is 109 Å². The van der Waals surface area contributed by atoms with E-state index in [2.05, 4.69) is 52.1 Å². The minimum Gasteiger partial charge on any atom is -0.478 e. The predicted molar refractivity (Wildman–Crippen MR) is 146 cm³/mol. The third-order valence-electron chi connectivity index (χ3n) is 6.57. The van der Waals surface area contributed by atoms with Gasteiger partial charge < -0.3 is 15.5 Å². The van der Waals surface area contributed by atoms with E-state index >= 15 is 0 Å². The van der Waals surface area contributed by atoms with Gasteiger partial charge in [0.1, 0.15) is 22.2 Å². The summed E-state index contributed by atoms with van der Waals surface area (Å²) in [4.78, 5) is 23.9. The van der Waals surface area contributed by atoms with E-state index in [-0.39, 0.29) is 17.2 Å². The molecule has 202 valence electrons. The fourth-order valence-corrected chi connectivity index (χ4v) is 6.93. The van der Waals surface area contributed by atoms with Gasteiger partial charge in [-0.2, -0.15) is 13.2 Å². The summed E-state index contributed by atoms with van der Waals surface area (Å²) in [5.74, 6) is -0.767. The van der Waals surface area contributed by atoms with Crippen molar-refractivity contribution in [3.8, 4) is 10.6 Å². The number of aryl methyl sites for hydroxylation is 1. The van der Waals surface area contributed by atoms with Crippen LogP contribution in [0.5, 0.6) is 0 Å². The van der Waals surface area contributed by atoms with Crippen LogP contribution in [0.4, 0.5) is 24.8 Å².